The van der Waals surface area contributed by atoms with E-state index in [2.05, 4.69) is 4.98 Å². The molecule has 2 rings (SSSR count). The number of nitrogens with one attached hydrogen (secondary N) is 1. The first kappa shape index (κ1) is 14.2. The van der Waals surface area contributed by atoms with E-state index in [1.165, 1.54) is 6.26 Å². The van der Waals surface area contributed by atoms with Gasteiger partial charge in [-0.05, 0) is 24.1 Å². The van der Waals surface area contributed by atoms with Crippen LogP contribution in [0.5, 0.6) is 0 Å². The third kappa shape index (κ3) is 2.43. The number of hydrogen-bond donors (Lipinski definition) is 2. The molecule has 0 bridgehead atoms. The molecule has 0 aromatic carbocycles. The summed E-state index contributed by atoms with van der Waals surface area (Å²) in [6.45, 7) is 1.65. The summed E-state index contributed by atoms with van der Waals surface area (Å²) in [7, 11) is 0. The van der Waals surface area contributed by atoms with E-state index in [1.807, 2.05) is 0 Å². The number of amides is 1. The van der Waals surface area contributed by atoms with E-state index in [-0.39, 0.29) is 17.7 Å². The van der Waals surface area contributed by atoms with Crippen molar-refractivity contribution in [3.8, 4) is 0 Å². The van der Waals surface area contributed by atoms with Crippen LogP contribution >= 0.6 is 0 Å². The molecular weight excluding hydrogens is 273 g/mol. The molecule has 0 radical (unpaired) electrons. The van der Waals surface area contributed by atoms with Crippen molar-refractivity contribution in [1.82, 2.24) is 4.98 Å². The van der Waals surface area contributed by atoms with Crippen LogP contribution in [0.1, 0.15) is 40.3 Å². The van der Waals surface area contributed by atoms with Gasteiger partial charge in [-0.1, -0.05) is 13.0 Å². The van der Waals surface area contributed by atoms with E-state index < -0.39 is 29.4 Å². The molecule has 1 aromatic rings. The van der Waals surface area contributed by atoms with Crippen LogP contribution in [0.15, 0.2) is 24.5 Å². The lowest BCUT2D eigenvalue weighted by Crippen LogP contribution is -2.19. The van der Waals surface area contributed by atoms with Gasteiger partial charge in [0.2, 0.25) is 0 Å². The molecule has 108 valence electrons. The number of carbonyl (C=O) groups excluding carboxylic acids is 1. The molecule has 1 unspecified atom stereocenters. The van der Waals surface area contributed by atoms with Gasteiger partial charge in [0.25, 0.3) is 5.91 Å². The van der Waals surface area contributed by atoms with Crippen molar-refractivity contribution in [2.24, 2.45) is 5.73 Å². The lowest BCUT2D eigenvalue weighted by atomic mass is 10.0. The molecular formula is C13H13F3N2O2. The monoisotopic (exact) mass is 286 g/mol. The van der Waals surface area contributed by atoms with Crippen LogP contribution in [0, 0.1) is 0 Å². The fraction of sp³-hybridized carbons (Fsp3) is 0.308. The van der Waals surface area contributed by atoms with E-state index in [9.17, 15) is 18.0 Å². The van der Waals surface area contributed by atoms with Crippen LogP contribution in [0.3, 0.4) is 0 Å². The van der Waals surface area contributed by atoms with E-state index in [0.29, 0.717) is 0 Å². The topological polar surface area (TPSA) is 68.1 Å². The minimum atomic E-state index is -4.68. The maximum Gasteiger partial charge on any atom is 0.432 e. The molecule has 0 spiro atoms. The summed E-state index contributed by atoms with van der Waals surface area (Å²) in [5.74, 6) is -1.10. The first-order chi connectivity index (χ1) is 9.36. The summed E-state index contributed by atoms with van der Waals surface area (Å²) in [5, 5.41) is 0. The maximum absolute atomic E-state index is 13.0. The van der Waals surface area contributed by atoms with Gasteiger partial charge in [0.1, 0.15) is 5.69 Å². The zero-order valence-corrected chi connectivity index (χ0v) is 10.6. The van der Waals surface area contributed by atoms with Gasteiger partial charge in [-0.25, -0.2) is 0 Å². The molecule has 1 aromatic heterocycles. The summed E-state index contributed by atoms with van der Waals surface area (Å²) < 4.78 is 44.2. The molecule has 0 fully saturated rings. The van der Waals surface area contributed by atoms with E-state index in [0.717, 1.165) is 0 Å². The molecule has 1 amide bonds. The summed E-state index contributed by atoms with van der Waals surface area (Å²) in [4.78, 5) is 13.6. The van der Waals surface area contributed by atoms with Gasteiger partial charge in [0.15, 0.2) is 6.10 Å². The Balaban J connectivity index is 2.61. The fourth-order valence-corrected chi connectivity index (χ4v) is 2.20. The molecule has 0 saturated heterocycles. The molecule has 0 aliphatic carbocycles. The zero-order chi connectivity index (χ0) is 14.9. The second-order valence-corrected chi connectivity index (χ2v) is 4.25. The number of aromatic amines is 1. The van der Waals surface area contributed by atoms with Gasteiger partial charge in [-0.15, -0.1) is 0 Å². The standard InChI is InChI=1S/C13H13F3N2O2/c1-2-7-9(12(17)19)11(13(14,15)16)18-10(7)8-5-3-4-6-20-8/h3-6,8,18H,2H2,1H3,(H2,17,19). The smallest absolute Gasteiger partial charge is 0.432 e. The van der Waals surface area contributed by atoms with Crippen molar-refractivity contribution in [3.63, 3.8) is 0 Å². The highest BCUT2D eigenvalue weighted by Gasteiger charge is 2.40. The molecule has 1 aliphatic heterocycles. The average molecular weight is 286 g/mol. The van der Waals surface area contributed by atoms with Crippen molar-refractivity contribution in [3.05, 3.63) is 47.0 Å². The van der Waals surface area contributed by atoms with Gasteiger partial charge >= 0.3 is 6.18 Å². The van der Waals surface area contributed by atoms with Gasteiger partial charge < -0.3 is 15.5 Å². The van der Waals surface area contributed by atoms with Gasteiger partial charge in [-0.2, -0.15) is 13.2 Å². The zero-order valence-electron chi connectivity index (χ0n) is 10.6. The number of H-pyrrole nitrogens is 1. The number of rotatable bonds is 3. The molecule has 1 aliphatic rings. The highest BCUT2D eigenvalue weighted by atomic mass is 19.4. The Bertz CT molecular complexity index is 585. The van der Waals surface area contributed by atoms with Crippen LogP contribution in [-0.4, -0.2) is 10.9 Å². The third-order valence-electron chi connectivity index (χ3n) is 3.01. The minimum absolute atomic E-state index is 0.203. The quantitative estimate of drug-likeness (QED) is 0.897. The van der Waals surface area contributed by atoms with E-state index in [4.69, 9.17) is 10.5 Å². The first-order valence-corrected chi connectivity index (χ1v) is 5.96. The number of nitrogens with two attached hydrogens (primary N) is 1. The number of ether oxygens (including phenoxy) is 1. The highest BCUT2D eigenvalue weighted by molar-refractivity contribution is 5.96. The molecule has 2 heterocycles. The Kier molecular flexibility index (Phi) is 3.61. The van der Waals surface area contributed by atoms with Crippen molar-refractivity contribution in [1.29, 1.82) is 0 Å². The van der Waals surface area contributed by atoms with Crippen LogP contribution in [-0.2, 0) is 17.3 Å². The number of primary amides is 1. The number of carbonyl (C=O) groups is 1. The van der Waals surface area contributed by atoms with Crippen LogP contribution < -0.4 is 5.73 Å². The lowest BCUT2D eigenvalue weighted by Gasteiger charge is -2.15. The normalized spacial score (nSPS) is 18.1. The number of allylic oxidation sites excluding steroid dienone is 2. The Hall–Kier alpha value is -2.18. The van der Waals surface area contributed by atoms with Crippen LogP contribution in [0.25, 0.3) is 0 Å². The maximum atomic E-state index is 13.0. The number of aromatic nitrogens is 1. The van der Waals surface area contributed by atoms with Crippen molar-refractivity contribution < 1.29 is 22.7 Å². The molecule has 20 heavy (non-hydrogen) atoms. The third-order valence-corrected chi connectivity index (χ3v) is 3.01. The number of hydrogen-bond acceptors (Lipinski definition) is 2. The van der Waals surface area contributed by atoms with Crippen molar-refractivity contribution in [2.75, 3.05) is 0 Å². The largest absolute Gasteiger partial charge is 0.488 e. The molecule has 3 N–H and O–H groups in total. The van der Waals surface area contributed by atoms with Crippen molar-refractivity contribution >= 4 is 5.91 Å². The Morgan fingerprint density at radius 3 is 2.60 bits per heavy atom. The average Bonchev–Trinajstić information content (AvgIpc) is 2.79. The van der Waals surface area contributed by atoms with Crippen molar-refractivity contribution in [2.45, 2.75) is 25.6 Å². The molecule has 1 atom stereocenters. The predicted molar refractivity (Wildman–Crippen MR) is 65.8 cm³/mol. The summed E-state index contributed by atoms with van der Waals surface area (Å²) in [5.41, 5.74) is 3.90. The highest BCUT2D eigenvalue weighted by Crippen LogP contribution is 2.37. The minimum Gasteiger partial charge on any atom is -0.488 e. The summed E-state index contributed by atoms with van der Waals surface area (Å²) in [6, 6.07) is 0. The Morgan fingerprint density at radius 1 is 1.45 bits per heavy atom. The van der Waals surface area contributed by atoms with Crippen LogP contribution in [0.2, 0.25) is 0 Å². The molecule has 0 saturated carbocycles. The van der Waals surface area contributed by atoms with Crippen LogP contribution in [0.4, 0.5) is 13.2 Å². The SMILES string of the molecule is CCc1c(C2C=CC=CO2)[nH]c(C(F)(F)F)c1C(N)=O. The molecule has 7 heteroatoms. The van der Waals surface area contributed by atoms with E-state index >= 15 is 0 Å². The molecule has 4 nitrogen and oxygen atoms in total. The van der Waals surface area contributed by atoms with Gasteiger partial charge in [-0.3, -0.25) is 4.79 Å². The summed E-state index contributed by atoms with van der Waals surface area (Å²) >= 11 is 0. The van der Waals surface area contributed by atoms with Gasteiger partial charge in [0.05, 0.1) is 17.5 Å². The summed E-state index contributed by atoms with van der Waals surface area (Å²) in [6.07, 6.45) is 1.11. The van der Waals surface area contributed by atoms with E-state index in [1.54, 1.807) is 25.2 Å². The first-order valence-electron chi connectivity index (χ1n) is 5.96. The number of halogens is 3. The lowest BCUT2D eigenvalue weighted by molar-refractivity contribution is -0.141. The second kappa shape index (κ2) is 5.07. The second-order valence-electron chi connectivity index (χ2n) is 4.25. The predicted octanol–water partition coefficient (Wildman–Crippen LogP) is 2.84. The van der Waals surface area contributed by atoms with Gasteiger partial charge in [0, 0.05) is 0 Å². The number of alkyl halides is 3. The fourth-order valence-electron chi connectivity index (χ4n) is 2.20. The Labute approximate surface area is 113 Å². The Morgan fingerprint density at radius 2 is 2.15 bits per heavy atom.